The average Bonchev–Trinajstić information content (AvgIpc) is 2.79. The lowest BCUT2D eigenvalue weighted by atomic mass is 10.1. The van der Waals surface area contributed by atoms with Crippen LogP contribution in [0.2, 0.25) is 0 Å². The van der Waals surface area contributed by atoms with E-state index in [4.69, 9.17) is 4.74 Å². The van der Waals surface area contributed by atoms with Gasteiger partial charge in [0.25, 0.3) is 0 Å². The van der Waals surface area contributed by atoms with Crippen molar-refractivity contribution in [3.8, 4) is 17.1 Å². The van der Waals surface area contributed by atoms with Crippen molar-refractivity contribution in [2.24, 2.45) is 0 Å². The van der Waals surface area contributed by atoms with Gasteiger partial charge in [-0.3, -0.25) is 0 Å². The Bertz CT molecular complexity index is 692. The molecule has 3 heteroatoms. The van der Waals surface area contributed by atoms with E-state index in [1.807, 2.05) is 36.7 Å². The van der Waals surface area contributed by atoms with Crippen LogP contribution in [0.3, 0.4) is 0 Å². The average molecular weight is 409 g/mol. The molecule has 0 saturated carbocycles. The summed E-state index contributed by atoms with van der Waals surface area (Å²) < 4.78 is 5.82. The van der Waals surface area contributed by atoms with Crippen LogP contribution in [0.1, 0.15) is 90.0 Å². The van der Waals surface area contributed by atoms with Crippen molar-refractivity contribution in [3.63, 3.8) is 0 Å². The second-order valence-corrected chi connectivity index (χ2v) is 8.08. The number of allylic oxidation sites excluding steroid dienone is 2. The van der Waals surface area contributed by atoms with Gasteiger partial charge in [0.15, 0.2) is 5.82 Å². The van der Waals surface area contributed by atoms with Crippen LogP contribution in [0.25, 0.3) is 11.4 Å². The number of ether oxygens (including phenoxy) is 1. The minimum Gasteiger partial charge on any atom is -0.494 e. The first-order chi connectivity index (χ1) is 14.8. The maximum Gasteiger partial charge on any atom is 0.159 e. The Labute approximate surface area is 184 Å². The molecule has 0 atom stereocenters. The predicted molar refractivity (Wildman–Crippen MR) is 128 cm³/mol. The quantitative estimate of drug-likeness (QED) is 0.209. The van der Waals surface area contributed by atoms with Gasteiger partial charge in [-0.05, 0) is 68.9 Å². The molecule has 1 heterocycles. The molecule has 3 nitrogen and oxygen atoms in total. The highest BCUT2D eigenvalue weighted by molar-refractivity contribution is 5.55. The molecule has 0 unspecified atom stereocenters. The lowest BCUT2D eigenvalue weighted by molar-refractivity contribution is 0.307. The third-order valence-corrected chi connectivity index (χ3v) is 5.41. The van der Waals surface area contributed by atoms with E-state index in [9.17, 15) is 0 Å². The lowest BCUT2D eigenvalue weighted by Crippen LogP contribution is -1.97. The fourth-order valence-electron chi connectivity index (χ4n) is 3.52. The summed E-state index contributed by atoms with van der Waals surface area (Å²) in [5, 5.41) is 0. The van der Waals surface area contributed by atoms with Crippen molar-refractivity contribution >= 4 is 0 Å². The summed E-state index contributed by atoms with van der Waals surface area (Å²) in [4.78, 5) is 9.15. The van der Waals surface area contributed by atoms with Crippen LogP contribution in [0, 0.1) is 0 Å². The Morgan fingerprint density at radius 3 is 2.13 bits per heavy atom. The molecule has 0 bridgehead atoms. The third kappa shape index (κ3) is 10.0. The number of hydrogen-bond donors (Lipinski definition) is 0. The maximum atomic E-state index is 5.82. The fourth-order valence-corrected chi connectivity index (χ4v) is 3.52. The molecule has 2 rings (SSSR count). The van der Waals surface area contributed by atoms with Crippen molar-refractivity contribution in [3.05, 3.63) is 54.4 Å². The molecule has 0 radical (unpaired) electrons. The second-order valence-electron chi connectivity index (χ2n) is 8.08. The Balaban J connectivity index is 1.66. The molecule has 164 valence electrons. The van der Waals surface area contributed by atoms with E-state index in [1.54, 1.807) is 0 Å². The molecule has 0 fully saturated rings. The number of rotatable bonds is 16. The lowest BCUT2D eigenvalue weighted by Gasteiger charge is -2.07. The SMILES string of the molecule is C/C=C/CCCCOc1ccc(-c2ncc(CCCCCCCCCC)cn2)cc1. The topological polar surface area (TPSA) is 35.0 Å². The Morgan fingerprint density at radius 1 is 0.800 bits per heavy atom. The molecule has 0 aliphatic rings. The molecule has 0 aliphatic heterocycles. The van der Waals surface area contributed by atoms with Gasteiger partial charge in [0.1, 0.15) is 5.75 Å². The van der Waals surface area contributed by atoms with Gasteiger partial charge in [-0.15, -0.1) is 0 Å². The minimum atomic E-state index is 0.765. The zero-order chi connectivity index (χ0) is 21.3. The Hall–Kier alpha value is -2.16. The number of hydrogen-bond acceptors (Lipinski definition) is 3. The van der Waals surface area contributed by atoms with Crippen LogP contribution in [0.4, 0.5) is 0 Å². The van der Waals surface area contributed by atoms with Crippen LogP contribution in [0.5, 0.6) is 5.75 Å². The number of unbranched alkanes of at least 4 members (excludes halogenated alkanes) is 9. The van der Waals surface area contributed by atoms with Crippen LogP contribution in [0.15, 0.2) is 48.8 Å². The van der Waals surface area contributed by atoms with Crippen LogP contribution in [-0.2, 0) is 6.42 Å². The molecule has 0 spiro atoms. The number of aromatic nitrogens is 2. The third-order valence-electron chi connectivity index (χ3n) is 5.41. The zero-order valence-corrected chi connectivity index (χ0v) is 19.1. The molecule has 0 amide bonds. The van der Waals surface area contributed by atoms with Gasteiger partial charge in [-0.25, -0.2) is 9.97 Å². The second kappa shape index (κ2) is 15.6. The monoisotopic (exact) mass is 408 g/mol. The smallest absolute Gasteiger partial charge is 0.159 e. The van der Waals surface area contributed by atoms with Crippen LogP contribution < -0.4 is 4.74 Å². The van der Waals surface area contributed by atoms with E-state index in [0.29, 0.717) is 0 Å². The van der Waals surface area contributed by atoms with Crippen molar-refractivity contribution in [1.29, 1.82) is 0 Å². The first kappa shape index (κ1) is 24.1. The van der Waals surface area contributed by atoms with Gasteiger partial charge in [-0.1, -0.05) is 64.0 Å². The van der Waals surface area contributed by atoms with Crippen molar-refractivity contribution in [1.82, 2.24) is 9.97 Å². The molecule has 0 saturated heterocycles. The summed E-state index contributed by atoms with van der Waals surface area (Å²) in [7, 11) is 0. The summed E-state index contributed by atoms with van der Waals surface area (Å²) in [5.74, 6) is 1.70. The minimum absolute atomic E-state index is 0.765. The van der Waals surface area contributed by atoms with Crippen molar-refractivity contribution in [2.45, 2.75) is 90.9 Å². The van der Waals surface area contributed by atoms with Crippen LogP contribution >= 0.6 is 0 Å². The largest absolute Gasteiger partial charge is 0.494 e. The summed E-state index contributed by atoms with van der Waals surface area (Å²) in [6.45, 7) is 5.10. The highest BCUT2D eigenvalue weighted by Crippen LogP contribution is 2.20. The molecular formula is C27H40N2O. The van der Waals surface area contributed by atoms with E-state index in [2.05, 4.69) is 36.0 Å². The summed E-state index contributed by atoms with van der Waals surface area (Å²) in [5.41, 5.74) is 2.27. The predicted octanol–water partition coefficient (Wildman–Crippen LogP) is 7.95. The normalized spacial score (nSPS) is 11.3. The zero-order valence-electron chi connectivity index (χ0n) is 19.1. The molecule has 1 aromatic heterocycles. The van der Waals surface area contributed by atoms with E-state index in [1.165, 1.54) is 63.4 Å². The van der Waals surface area contributed by atoms with Gasteiger partial charge in [0.2, 0.25) is 0 Å². The Morgan fingerprint density at radius 2 is 1.47 bits per heavy atom. The Kier molecular flexibility index (Phi) is 12.6. The van der Waals surface area contributed by atoms with Crippen molar-refractivity contribution < 1.29 is 4.74 Å². The van der Waals surface area contributed by atoms with E-state index in [-0.39, 0.29) is 0 Å². The summed E-state index contributed by atoms with van der Waals surface area (Å²) in [6.07, 6.45) is 23.5. The molecular weight excluding hydrogens is 368 g/mol. The van der Waals surface area contributed by atoms with Crippen LogP contribution in [-0.4, -0.2) is 16.6 Å². The van der Waals surface area contributed by atoms with Gasteiger partial charge in [-0.2, -0.15) is 0 Å². The highest BCUT2D eigenvalue weighted by Gasteiger charge is 2.03. The van der Waals surface area contributed by atoms with E-state index in [0.717, 1.165) is 43.0 Å². The van der Waals surface area contributed by atoms with Gasteiger partial charge < -0.3 is 4.74 Å². The maximum absolute atomic E-state index is 5.82. The molecule has 1 aromatic carbocycles. The standard InChI is InChI=1S/C27H40N2O/c1-3-5-7-9-10-11-12-14-16-24-22-28-27(29-23-24)25-17-19-26(20-18-25)30-21-15-13-8-6-4-2/h4,6,17-20,22-23H,3,5,7-16,21H2,1-2H3/b6-4+. The number of benzene rings is 1. The molecule has 0 aliphatic carbocycles. The van der Waals surface area contributed by atoms with E-state index < -0.39 is 0 Å². The highest BCUT2D eigenvalue weighted by atomic mass is 16.5. The van der Waals surface area contributed by atoms with Crippen molar-refractivity contribution in [2.75, 3.05) is 6.61 Å². The van der Waals surface area contributed by atoms with Gasteiger partial charge >= 0.3 is 0 Å². The van der Waals surface area contributed by atoms with Gasteiger partial charge in [0, 0.05) is 18.0 Å². The summed E-state index contributed by atoms with van der Waals surface area (Å²) in [6, 6.07) is 8.11. The number of aryl methyl sites for hydroxylation is 1. The van der Waals surface area contributed by atoms with E-state index >= 15 is 0 Å². The van der Waals surface area contributed by atoms with Gasteiger partial charge in [0.05, 0.1) is 6.61 Å². The molecule has 30 heavy (non-hydrogen) atoms. The molecule has 0 N–H and O–H groups in total. The fraction of sp³-hybridized carbons (Fsp3) is 0.556. The number of nitrogens with zero attached hydrogens (tertiary/aromatic N) is 2. The summed E-state index contributed by atoms with van der Waals surface area (Å²) >= 11 is 0. The first-order valence-corrected chi connectivity index (χ1v) is 12.0. The first-order valence-electron chi connectivity index (χ1n) is 12.0. The molecule has 2 aromatic rings.